The van der Waals surface area contributed by atoms with Crippen LogP contribution in [-0.4, -0.2) is 34.8 Å². The Labute approximate surface area is 109 Å². The van der Waals surface area contributed by atoms with Crippen LogP contribution in [0.5, 0.6) is 0 Å². The Balaban J connectivity index is 2.13. The third kappa shape index (κ3) is 2.25. The van der Waals surface area contributed by atoms with Crippen molar-refractivity contribution in [2.24, 2.45) is 5.92 Å². The van der Waals surface area contributed by atoms with Gasteiger partial charge in [0, 0.05) is 6.54 Å². The molecule has 2 aliphatic rings. The molecule has 4 nitrogen and oxygen atoms in total. The maximum atomic E-state index is 12.6. The van der Waals surface area contributed by atoms with Crippen molar-refractivity contribution < 1.29 is 9.59 Å². The number of carbonyl (C=O) groups excluding carboxylic acids is 2. The summed E-state index contributed by atoms with van der Waals surface area (Å²) in [6.45, 7) is 6.50. The van der Waals surface area contributed by atoms with E-state index in [1.165, 1.54) is 12.8 Å². The van der Waals surface area contributed by atoms with Crippen molar-refractivity contribution in [2.75, 3.05) is 6.54 Å². The lowest BCUT2D eigenvalue weighted by molar-refractivity contribution is -0.154. The third-order valence-electron chi connectivity index (χ3n) is 4.56. The number of amides is 2. The van der Waals surface area contributed by atoms with Crippen molar-refractivity contribution in [3.8, 4) is 0 Å². The molecule has 1 unspecified atom stereocenters. The van der Waals surface area contributed by atoms with Gasteiger partial charge in [0.15, 0.2) is 0 Å². The fourth-order valence-electron chi connectivity index (χ4n) is 2.74. The molecule has 0 aromatic rings. The van der Waals surface area contributed by atoms with Crippen LogP contribution < -0.4 is 5.32 Å². The topological polar surface area (TPSA) is 49.4 Å². The van der Waals surface area contributed by atoms with Gasteiger partial charge in [-0.2, -0.15) is 0 Å². The quantitative estimate of drug-likeness (QED) is 0.809. The molecule has 2 rings (SSSR count). The Morgan fingerprint density at radius 3 is 2.39 bits per heavy atom. The van der Waals surface area contributed by atoms with Crippen molar-refractivity contribution in [3.05, 3.63) is 0 Å². The van der Waals surface area contributed by atoms with Crippen LogP contribution >= 0.6 is 0 Å². The van der Waals surface area contributed by atoms with Crippen LogP contribution in [0.1, 0.15) is 52.9 Å². The molecule has 0 aromatic carbocycles. The molecule has 102 valence electrons. The zero-order valence-corrected chi connectivity index (χ0v) is 11.7. The summed E-state index contributed by atoms with van der Waals surface area (Å²) >= 11 is 0. The monoisotopic (exact) mass is 252 g/mol. The number of nitrogens with zero attached hydrogens (tertiary/aromatic N) is 1. The van der Waals surface area contributed by atoms with E-state index in [-0.39, 0.29) is 17.9 Å². The number of hydrogen-bond acceptors (Lipinski definition) is 2. The highest BCUT2D eigenvalue weighted by Crippen LogP contribution is 2.33. The van der Waals surface area contributed by atoms with Crippen LogP contribution in [0.15, 0.2) is 0 Å². The molecule has 0 bridgehead atoms. The lowest BCUT2D eigenvalue weighted by atomic mass is 9.87. The van der Waals surface area contributed by atoms with E-state index in [9.17, 15) is 9.59 Å². The molecule has 1 atom stereocenters. The summed E-state index contributed by atoms with van der Waals surface area (Å²) in [5, 5.41) is 2.93. The molecule has 18 heavy (non-hydrogen) atoms. The Hall–Kier alpha value is -1.06. The molecule has 2 fully saturated rings. The van der Waals surface area contributed by atoms with Crippen LogP contribution in [0.25, 0.3) is 0 Å². The minimum absolute atomic E-state index is 0.00547. The molecule has 1 saturated carbocycles. The minimum Gasteiger partial charge on any atom is -0.340 e. The van der Waals surface area contributed by atoms with Gasteiger partial charge in [0.05, 0.1) is 0 Å². The summed E-state index contributed by atoms with van der Waals surface area (Å²) in [6, 6.07) is -0.317. The number of hydrogen-bond donors (Lipinski definition) is 1. The maximum absolute atomic E-state index is 12.6. The standard InChI is InChI=1S/C14H24N2O2/c1-4-14(5-2)13(18)16(9-8-11-6-7-11)10(3)12(17)15-14/h10-11H,4-9H2,1-3H3,(H,15,17). The highest BCUT2D eigenvalue weighted by molar-refractivity contribution is 5.99. The van der Waals surface area contributed by atoms with E-state index in [1.807, 2.05) is 20.8 Å². The van der Waals surface area contributed by atoms with Crippen molar-refractivity contribution in [2.45, 2.75) is 64.5 Å². The van der Waals surface area contributed by atoms with Crippen LogP contribution in [0.3, 0.4) is 0 Å². The summed E-state index contributed by atoms with van der Waals surface area (Å²) in [6.07, 6.45) is 4.96. The molecule has 0 spiro atoms. The van der Waals surface area contributed by atoms with E-state index in [2.05, 4.69) is 5.32 Å². The Kier molecular flexibility index (Phi) is 3.64. The Morgan fingerprint density at radius 1 is 1.28 bits per heavy atom. The number of piperazine rings is 1. The van der Waals surface area contributed by atoms with Crippen molar-refractivity contribution in [1.29, 1.82) is 0 Å². The highest BCUT2D eigenvalue weighted by atomic mass is 16.2. The highest BCUT2D eigenvalue weighted by Gasteiger charge is 2.47. The fourth-order valence-corrected chi connectivity index (χ4v) is 2.74. The van der Waals surface area contributed by atoms with Gasteiger partial charge in [0.2, 0.25) is 11.8 Å². The molecule has 0 radical (unpaired) electrons. The number of nitrogens with one attached hydrogen (secondary N) is 1. The first kappa shape index (κ1) is 13.4. The number of carbonyl (C=O) groups is 2. The molecule has 1 saturated heterocycles. The van der Waals surface area contributed by atoms with Crippen molar-refractivity contribution >= 4 is 11.8 Å². The fraction of sp³-hybridized carbons (Fsp3) is 0.857. The average molecular weight is 252 g/mol. The maximum Gasteiger partial charge on any atom is 0.248 e. The van der Waals surface area contributed by atoms with Gasteiger partial charge >= 0.3 is 0 Å². The lowest BCUT2D eigenvalue weighted by Crippen LogP contribution is -2.69. The van der Waals surface area contributed by atoms with Gasteiger partial charge in [-0.05, 0) is 32.1 Å². The van der Waals surface area contributed by atoms with Crippen LogP contribution in [-0.2, 0) is 9.59 Å². The molecule has 1 aliphatic carbocycles. The van der Waals surface area contributed by atoms with Gasteiger partial charge in [0.25, 0.3) is 0 Å². The first-order valence-corrected chi connectivity index (χ1v) is 7.17. The summed E-state index contributed by atoms with van der Waals surface area (Å²) in [4.78, 5) is 26.4. The lowest BCUT2D eigenvalue weighted by Gasteiger charge is -2.44. The van der Waals surface area contributed by atoms with Gasteiger partial charge < -0.3 is 10.2 Å². The normalized spacial score (nSPS) is 27.3. The molecular formula is C14H24N2O2. The molecule has 4 heteroatoms. The summed E-state index contributed by atoms with van der Waals surface area (Å²) < 4.78 is 0. The predicted octanol–water partition coefficient (Wildman–Crippen LogP) is 1.69. The Morgan fingerprint density at radius 2 is 1.89 bits per heavy atom. The SMILES string of the molecule is CCC1(CC)NC(=O)C(C)N(CCC2CC2)C1=O. The molecular weight excluding hydrogens is 228 g/mol. The second kappa shape index (κ2) is 4.90. The van der Waals surface area contributed by atoms with Crippen LogP contribution in [0.4, 0.5) is 0 Å². The average Bonchev–Trinajstić information content (AvgIpc) is 3.18. The molecule has 2 amide bonds. The third-order valence-corrected chi connectivity index (χ3v) is 4.56. The van der Waals surface area contributed by atoms with E-state index < -0.39 is 5.54 Å². The van der Waals surface area contributed by atoms with Gasteiger partial charge in [-0.1, -0.05) is 26.7 Å². The molecule has 0 aromatic heterocycles. The smallest absolute Gasteiger partial charge is 0.248 e. The summed E-state index contributed by atoms with van der Waals surface area (Å²) in [5.41, 5.74) is -0.660. The van der Waals surface area contributed by atoms with Crippen molar-refractivity contribution in [1.82, 2.24) is 10.2 Å². The second-order valence-corrected chi connectivity index (χ2v) is 5.69. The first-order chi connectivity index (χ1) is 8.54. The van der Waals surface area contributed by atoms with Gasteiger partial charge in [-0.3, -0.25) is 9.59 Å². The Bertz CT molecular complexity index is 346. The zero-order valence-electron chi connectivity index (χ0n) is 11.7. The van der Waals surface area contributed by atoms with Gasteiger partial charge in [-0.25, -0.2) is 0 Å². The van der Waals surface area contributed by atoms with Crippen LogP contribution in [0.2, 0.25) is 0 Å². The number of rotatable bonds is 5. The van der Waals surface area contributed by atoms with Gasteiger partial charge in [-0.15, -0.1) is 0 Å². The summed E-state index contributed by atoms with van der Waals surface area (Å²) in [5.74, 6) is 0.891. The van der Waals surface area contributed by atoms with Crippen LogP contribution in [0, 0.1) is 5.92 Å². The van der Waals surface area contributed by atoms with E-state index >= 15 is 0 Å². The molecule has 1 N–H and O–H groups in total. The largest absolute Gasteiger partial charge is 0.340 e. The van der Waals surface area contributed by atoms with E-state index in [4.69, 9.17) is 0 Å². The first-order valence-electron chi connectivity index (χ1n) is 7.17. The second-order valence-electron chi connectivity index (χ2n) is 5.69. The van der Waals surface area contributed by atoms with E-state index in [0.29, 0.717) is 12.8 Å². The van der Waals surface area contributed by atoms with Gasteiger partial charge in [0.1, 0.15) is 11.6 Å². The molecule has 1 heterocycles. The zero-order chi connectivity index (χ0) is 13.3. The van der Waals surface area contributed by atoms with E-state index in [1.54, 1.807) is 4.90 Å². The summed E-state index contributed by atoms with van der Waals surface area (Å²) in [7, 11) is 0. The minimum atomic E-state index is -0.660. The van der Waals surface area contributed by atoms with Crippen molar-refractivity contribution in [3.63, 3.8) is 0 Å². The predicted molar refractivity (Wildman–Crippen MR) is 70.0 cm³/mol. The van der Waals surface area contributed by atoms with E-state index in [0.717, 1.165) is 18.9 Å². The molecule has 1 aliphatic heterocycles.